The van der Waals surface area contributed by atoms with Crippen molar-refractivity contribution in [3.05, 3.63) is 101 Å². The van der Waals surface area contributed by atoms with Crippen LogP contribution in [0.25, 0.3) is 11.3 Å². The van der Waals surface area contributed by atoms with Gasteiger partial charge in [-0.25, -0.2) is 4.98 Å². The third-order valence-corrected chi connectivity index (χ3v) is 5.28. The Kier molecular flexibility index (Phi) is 5.97. The molecule has 4 nitrogen and oxygen atoms in total. The largest absolute Gasteiger partial charge is 0.439 e. The van der Waals surface area contributed by atoms with Crippen molar-refractivity contribution >= 4 is 11.3 Å². The van der Waals surface area contributed by atoms with E-state index >= 15 is 0 Å². The normalized spacial score (nSPS) is 12.4. The highest BCUT2D eigenvalue weighted by Gasteiger charge is 2.17. The molecule has 0 unspecified atom stereocenters. The van der Waals surface area contributed by atoms with Gasteiger partial charge in [-0.3, -0.25) is 4.90 Å². The molecule has 0 fully saturated rings. The lowest BCUT2D eigenvalue weighted by molar-refractivity contribution is 0.0998. The number of hydrogen-bond acceptors (Lipinski definition) is 5. The monoisotopic (exact) mass is 390 g/mol. The highest BCUT2D eigenvalue weighted by molar-refractivity contribution is 7.07. The van der Waals surface area contributed by atoms with Gasteiger partial charge in [-0.2, -0.15) is 11.3 Å². The number of benzene rings is 2. The van der Waals surface area contributed by atoms with Crippen LogP contribution in [0.2, 0.25) is 0 Å². The molecule has 0 radical (unpaired) electrons. The van der Waals surface area contributed by atoms with Gasteiger partial charge < -0.3 is 9.52 Å². The SMILES string of the molecule is O[C@@H](CN(Cc1ccccc1)Cc1ncc(-c2ccccc2)o1)c1ccsc1. The molecular weight excluding hydrogens is 368 g/mol. The molecule has 5 heteroatoms. The number of nitrogens with zero attached hydrogens (tertiary/aromatic N) is 2. The van der Waals surface area contributed by atoms with Crippen LogP contribution in [0.4, 0.5) is 0 Å². The molecule has 0 amide bonds. The zero-order chi connectivity index (χ0) is 19.2. The molecule has 28 heavy (non-hydrogen) atoms. The van der Waals surface area contributed by atoms with Crippen molar-refractivity contribution in [2.24, 2.45) is 0 Å². The molecule has 142 valence electrons. The second kappa shape index (κ2) is 8.97. The predicted octanol–water partition coefficient (Wildman–Crippen LogP) is 5.14. The van der Waals surface area contributed by atoms with E-state index in [-0.39, 0.29) is 0 Å². The van der Waals surface area contributed by atoms with E-state index in [9.17, 15) is 5.11 Å². The van der Waals surface area contributed by atoms with E-state index in [0.717, 1.165) is 16.9 Å². The fraction of sp³-hybridized carbons (Fsp3) is 0.174. The molecule has 0 spiro atoms. The number of aliphatic hydroxyl groups is 1. The van der Waals surface area contributed by atoms with Crippen molar-refractivity contribution in [1.82, 2.24) is 9.88 Å². The summed E-state index contributed by atoms with van der Waals surface area (Å²) in [5.41, 5.74) is 3.14. The summed E-state index contributed by atoms with van der Waals surface area (Å²) < 4.78 is 5.98. The molecule has 4 rings (SSSR count). The number of hydrogen-bond donors (Lipinski definition) is 1. The number of rotatable bonds is 8. The van der Waals surface area contributed by atoms with Gasteiger partial charge in [0.05, 0.1) is 18.8 Å². The summed E-state index contributed by atoms with van der Waals surface area (Å²) in [6.07, 6.45) is 1.22. The smallest absolute Gasteiger partial charge is 0.209 e. The van der Waals surface area contributed by atoms with Crippen molar-refractivity contribution in [3.63, 3.8) is 0 Å². The Morgan fingerprint density at radius 2 is 1.71 bits per heavy atom. The van der Waals surface area contributed by atoms with Gasteiger partial charge in [0.15, 0.2) is 5.76 Å². The summed E-state index contributed by atoms with van der Waals surface area (Å²) in [5, 5.41) is 14.6. The van der Waals surface area contributed by atoms with E-state index in [1.165, 1.54) is 5.56 Å². The van der Waals surface area contributed by atoms with Gasteiger partial charge in [0.1, 0.15) is 0 Å². The Morgan fingerprint density at radius 1 is 0.964 bits per heavy atom. The van der Waals surface area contributed by atoms with Crippen LogP contribution in [0.1, 0.15) is 23.1 Å². The molecule has 2 heterocycles. The van der Waals surface area contributed by atoms with E-state index in [0.29, 0.717) is 25.5 Å². The van der Waals surface area contributed by atoms with Crippen LogP contribution in [0.3, 0.4) is 0 Å². The van der Waals surface area contributed by atoms with E-state index in [1.807, 2.05) is 65.4 Å². The minimum atomic E-state index is -0.543. The van der Waals surface area contributed by atoms with Crippen molar-refractivity contribution in [1.29, 1.82) is 0 Å². The summed E-state index contributed by atoms with van der Waals surface area (Å²) in [4.78, 5) is 6.62. The molecule has 0 saturated heterocycles. The van der Waals surface area contributed by atoms with Crippen molar-refractivity contribution in [2.75, 3.05) is 6.54 Å². The molecule has 0 aliphatic carbocycles. The Bertz CT molecular complexity index is 968. The van der Waals surface area contributed by atoms with Crippen LogP contribution in [-0.2, 0) is 13.1 Å². The lowest BCUT2D eigenvalue weighted by Crippen LogP contribution is -2.28. The summed E-state index contributed by atoms with van der Waals surface area (Å²) in [7, 11) is 0. The summed E-state index contributed by atoms with van der Waals surface area (Å²) in [5.74, 6) is 1.40. The molecule has 0 bridgehead atoms. The molecule has 2 aromatic carbocycles. The Labute approximate surface area is 168 Å². The molecule has 1 N–H and O–H groups in total. The topological polar surface area (TPSA) is 49.5 Å². The maximum atomic E-state index is 10.6. The van der Waals surface area contributed by atoms with E-state index < -0.39 is 6.10 Å². The number of aromatic nitrogens is 1. The van der Waals surface area contributed by atoms with Gasteiger partial charge in [0.25, 0.3) is 0 Å². The molecule has 0 saturated carbocycles. The molecule has 2 aromatic heterocycles. The number of aliphatic hydroxyl groups excluding tert-OH is 1. The first-order valence-corrected chi connectivity index (χ1v) is 10.2. The Hall–Kier alpha value is -2.73. The van der Waals surface area contributed by atoms with E-state index in [1.54, 1.807) is 17.5 Å². The number of oxazole rings is 1. The maximum absolute atomic E-state index is 10.6. The lowest BCUT2D eigenvalue weighted by atomic mass is 10.1. The highest BCUT2D eigenvalue weighted by atomic mass is 32.1. The summed E-state index contributed by atoms with van der Waals surface area (Å²) in [6.45, 7) is 1.75. The maximum Gasteiger partial charge on any atom is 0.209 e. The first-order chi connectivity index (χ1) is 13.8. The van der Waals surface area contributed by atoms with Crippen LogP contribution in [0.5, 0.6) is 0 Å². The second-order valence-corrected chi connectivity index (χ2v) is 7.49. The molecule has 0 aliphatic rings. The van der Waals surface area contributed by atoms with Gasteiger partial charge in [0, 0.05) is 18.7 Å². The van der Waals surface area contributed by atoms with E-state index in [4.69, 9.17) is 4.42 Å². The van der Waals surface area contributed by atoms with Crippen molar-refractivity contribution in [2.45, 2.75) is 19.2 Å². The van der Waals surface area contributed by atoms with Crippen LogP contribution in [-0.4, -0.2) is 21.5 Å². The van der Waals surface area contributed by atoms with Crippen molar-refractivity contribution in [3.8, 4) is 11.3 Å². The minimum absolute atomic E-state index is 0.509. The average Bonchev–Trinajstić information content (AvgIpc) is 3.42. The van der Waals surface area contributed by atoms with Gasteiger partial charge in [-0.15, -0.1) is 0 Å². The molecule has 4 aromatic rings. The van der Waals surface area contributed by atoms with Crippen LogP contribution in [0.15, 0.2) is 88.1 Å². The highest BCUT2D eigenvalue weighted by Crippen LogP contribution is 2.23. The Balaban J connectivity index is 1.50. The van der Waals surface area contributed by atoms with Crippen LogP contribution in [0, 0.1) is 0 Å². The van der Waals surface area contributed by atoms with Crippen molar-refractivity contribution < 1.29 is 9.52 Å². The third kappa shape index (κ3) is 4.75. The standard InChI is InChI=1S/C23H22N2O2S/c26-21(20-11-12-28-17-20)15-25(14-18-7-3-1-4-8-18)16-23-24-13-22(27-23)19-9-5-2-6-10-19/h1-13,17,21,26H,14-16H2/t21-/m0/s1. The quantitative estimate of drug-likeness (QED) is 0.453. The van der Waals surface area contributed by atoms with Crippen LogP contribution >= 0.6 is 11.3 Å². The van der Waals surface area contributed by atoms with Gasteiger partial charge in [-0.1, -0.05) is 60.7 Å². The first-order valence-electron chi connectivity index (χ1n) is 9.24. The second-order valence-electron chi connectivity index (χ2n) is 6.71. The first kappa shape index (κ1) is 18.6. The summed E-state index contributed by atoms with van der Waals surface area (Å²) >= 11 is 1.59. The van der Waals surface area contributed by atoms with E-state index in [2.05, 4.69) is 22.0 Å². The fourth-order valence-corrected chi connectivity index (χ4v) is 3.86. The van der Waals surface area contributed by atoms with Crippen LogP contribution < -0.4 is 0 Å². The zero-order valence-corrected chi connectivity index (χ0v) is 16.3. The molecular formula is C23H22N2O2S. The van der Waals surface area contributed by atoms with Gasteiger partial charge in [0.2, 0.25) is 5.89 Å². The molecule has 0 aliphatic heterocycles. The average molecular weight is 391 g/mol. The lowest BCUT2D eigenvalue weighted by Gasteiger charge is -2.23. The fourth-order valence-electron chi connectivity index (χ4n) is 3.15. The Morgan fingerprint density at radius 3 is 2.43 bits per heavy atom. The molecule has 1 atom stereocenters. The zero-order valence-electron chi connectivity index (χ0n) is 15.4. The van der Waals surface area contributed by atoms with Gasteiger partial charge in [-0.05, 0) is 28.0 Å². The van der Waals surface area contributed by atoms with Gasteiger partial charge >= 0.3 is 0 Å². The summed E-state index contributed by atoms with van der Waals surface area (Å²) in [6, 6.07) is 22.2. The third-order valence-electron chi connectivity index (χ3n) is 4.58. The number of thiophene rings is 1. The minimum Gasteiger partial charge on any atom is -0.439 e. The predicted molar refractivity (Wildman–Crippen MR) is 112 cm³/mol.